The Kier molecular flexibility index (Phi) is 13.5. The van der Waals surface area contributed by atoms with Gasteiger partial charge in [0.2, 0.25) is 0 Å². The Labute approximate surface area is 49.6 Å². The first-order valence-electron chi connectivity index (χ1n) is 2.17. The minimum atomic E-state index is -3.13. The van der Waals surface area contributed by atoms with E-state index in [2.05, 4.69) is 13.5 Å². The summed E-state index contributed by atoms with van der Waals surface area (Å²) in [5.74, 6) is 0. The first-order chi connectivity index (χ1) is 3.65. The topological polar surface area (TPSA) is 57.5 Å². The summed E-state index contributed by atoms with van der Waals surface area (Å²) in [6, 6.07) is 0. The maximum atomic E-state index is 8.74. The van der Waals surface area contributed by atoms with Crippen molar-refractivity contribution < 1.29 is 14.4 Å². The van der Waals surface area contributed by atoms with E-state index in [1.54, 1.807) is 0 Å². The van der Waals surface area contributed by atoms with Crippen LogP contribution in [0.1, 0.15) is 13.3 Å². The molecule has 0 saturated carbocycles. The molecule has 0 amide bonds. The van der Waals surface area contributed by atoms with Crippen LogP contribution in [0.3, 0.4) is 0 Å². The molecule has 0 aliphatic rings. The molecule has 0 aromatic carbocycles. The van der Waals surface area contributed by atoms with Crippen LogP contribution >= 0.6 is 8.25 Å². The molecule has 8 heavy (non-hydrogen) atoms. The molecule has 0 aromatic rings. The minimum absolute atomic E-state index is 1.08. The lowest BCUT2D eigenvalue weighted by atomic mass is 10.5. The van der Waals surface area contributed by atoms with Gasteiger partial charge in [-0.05, 0) is 6.42 Å². The summed E-state index contributed by atoms with van der Waals surface area (Å²) in [6.07, 6.45) is 2.96. The zero-order valence-corrected chi connectivity index (χ0v) is 5.79. The Morgan fingerprint density at radius 3 is 1.88 bits per heavy atom. The first kappa shape index (κ1) is 10.8. The molecular weight excluding hydrogens is 127 g/mol. The molecular formula is C4H11O3P. The van der Waals surface area contributed by atoms with Gasteiger partial charge in [-0.25, -0.2) is 0 Å². The third kappa shape index (κ3) is 178. The summed E-state index contributed by atoms with van der Waals surface area (Å²) < 4.78 is 8.74. The van der Waals surface area contributed by atoms with Crippen LogP contribution in [-0.4, -0.2) is 9.79 Å². The van der Waals surface area contributed by atoms with Crippen LogP contribution < -0.4 is 0 Å². The molecule has 0 atom stereocenters. The fourth-order valence-corrected chi connectivity index (χ4v) is 0. The van der Waals surface area contributed by atoms with Crippen molar-refractivity contribution >= 4 is 8.25 Å². The fourth-order valence-electron chi connectivity index (χ4n) is 0. The highest BCUT2D eigenvalue weighted by Crippen LogP contribution is 1.98. The van der Waals surface area contributed by atoms with E-state index in [1.807, 2.05) is 6.08 Å². The average molecular weight is 138 g/mol. The van der Waals surface area contributed by atoms with Gasteiger partial charge in [0.15, 0.2) is 0 Å². The van der Waals surface area contributed by atoms with Crippen LogP contribution in [-0.2, 0) is 4.57 Å². The van der Waals surface area contributed by atoms with Crippen LogP contribution in [0.15, 0.2) is 12.7 Å². The smallest absolute Gasteiger partial charge is 0.314 e. The monoisotopic (exact) mass is 138 g/mol. The van der Waals surface area contributed by atoms with Gasteiger partial charge < -0.3 is 9.79 Å². The van der Waals surface area contributed by atoms with Gasteiger partial charge in [0.05, 0.1) is 0 Å². The fraction of sp³-hybridized carbons (Fsp3) is 0.500. The molecule has 0 aliphatic heterocycles. The van der Waals surface area contributed by atoms with Crippen molar-refractivity contribution in [1.29, 1.82) is 0 Å². The largest absolute Gasteiger partial charge is 0.326 e. The van der Waals surface area contributed by atoms with Crippen molar-refractivity contribution in [2.24, 2.45) is 0 Å². The Hall–Kier alpha value is -0.110. The molecule has 0 bridgehead atoms. The standard InChI is InChI=1S/C4H8.H3O3P/c1-3-4-2;1-4(2)3/h3H,1,4H2,2H3;4H,(H2,1,2,3). The van der Waals surface area contributed by atoms with Crippen molar-refractivity contribution in [3.63, 3.8) is 0 Å². The Balaban J connectivity index is 0. The normalized spacial score (nSPS) is 7.50. The van der Waals surface area contributed by atoms with Gasteiger partial charge in [0, 0.05) is 0 Å². The van der Waals surface area contributed by atoms with E-state index in [9.17, 15) is 0 Å². The van der Waals surface area contributed by atoms with E-state index in [1.165, 1.54) is 0 Å². The molecule has 0 aromatic heterocycles. The highest BCUT2D eigenvalue weighted by Gasteiger charge is 1.61. The maximum absolute atomic E-state index is 8.74. The van der Waals surface area contributed by atoms with E-state index in [0.717, 1.165) is 6.42 Å². The highest BCUT2D eigenvalue weighted by atomic mass is 31.1. The number of hydrogen-bond acceptors (Lipinski definition) is 1. The Bertz CT molecular complexity index is 67.7. The third-order valence-electron chi connectivity index (χ3n) is 0.289. The molecule has 0 saturated heterocycles. The van der Waals surface area contributed by atoms with Crippen molar-refractivity contribution in [3.05, 3.63) is 12.7 Å². The van der Waals surface area contributed by atoms with Gasteiger partial charge in [-0.15, -0.1) is 6.58 Å². The highest BCUT2D eigenvalue weighted by molar-refractivity contribution is 7.30. The molecule has 50 valence electrons. The zero-order valence-electron chi connectivity index (χ0n) is 4.79. The number of hydrogen-bond donors (Lipinski definition) is 2. The quantitative estimate of drug-likeness (QED) is 0.418. The molecule has 3 nitrogen and oxygen atoms in total. The first-order valence-corrected chi connectivity index (χ1v) is 3.48. The zero-order chi connectivity index (χ0) is 6.99. The summed E-state index contributed by atoms with van der Waals surface area (Å²) in [5.41, 5.74) is 0. The van der Waals surface area contributed by atoms with Gasteiger partial charge in [-0.2, -0.15) is 0 Å². The second-order valence-corrected chi connectivity index (χ2v) is 1.54. The SMILES string of the molecule is C=CCC.O=[PH](O)O. The van der Waals surface area contributed by atoms with Crippen molar-refractivity contribution in [2.75, 3.05) is 0 Å². The van der Waals surface area contributed by atoms with Crippen LogP contribution in [0.4, 0.5) is 0 Å². The van der Waals surface area contributed by atoms with Crippen molar-refractivity contribution in [3.8, 4) is 0 Å². The third-order valence-corrected chi connectivity index (χ3v) is 0.289. The lowest BCUT2D eigenvalue weighted by Gasteiger charge is -1.61. The molecule has 0 fully saturated rings. The van der Waals surface area contributed by atoms with Crippen LogP contribution in [0.2, 0.25) is 0 Å². The van der Waals surface area contributed by atoms with Crippen LogP contribution in [0.5, 0.6) is 0 Å². The molecule has 0 heterocycles. The van der Waals surface area contributed by atoms with Gasteiger partial charge >= 0.3 is 8.25 Å². The van der Waals surface area contributed by atoms with Gasteiger partial charge in [-0.3, -0.25) is 4.57 Å². The van der Waals surface area contributed by atoms with Crippen molar-refractivity contribution in [1.82, 2.24) is 0 Å². The molecule has 0 radical (unpaired) electrons. The van der Waals surface area contributed by atoms with E-state index in [-0.39, 0.29) is 0 Å². The van der Waals surface area contributed by atoms with Gasteiger partial charge in [0.1, 0.15) is 0 Å². The van der Waals surface area contributed by atoms with Crippen LogP contribution in [0.25, 0.3) is 0 Å². The van der Waals surface area contributed by atoms with Gasteiger partial charge in [-0.1, -0.05) is 13.0 Å². The molecule has 0 spiro atoms. The second kappa shape index (κ2) is 10.00. The summed E-state index contributed by atoms with van der Waals surface area (Å²) in [7, 11) is -3.13. The predicted molar refractivity (Wildman–Crippen MR) is 33.9 cm³/mol. The molecule has 0 rings (SSSR count). The molecule has 0 unspecified atom stereocenters. The van der Waals surface area contributed by atoms with E-state index in [4.69, 9.17) is 14.4 Å². The second-order valence-electron chi connectivity index (χ2n) is 0.979. The number of allylic oxidation sites excluding steroid dienone is 1. The average Bonchev–Trinajstić information content (AvgIpc) is 1.65. The summed E-state index contributed by atoms with van der Waals surface area (Å²) in [4.78, 5) is 14.3. The lowest BCUT2D eigenvalue weighted by molar-refractivity contribution is 0.405. The molecule has 2 N–H and O–H groups in total. The lowest BCUT2D eigenvalue weighted by Crippen LogP contribution is -1.38. The van der Waals surface area contributed by atoms with Crippen molar-refractivity contribution in [2.45, 2.75) is 13.3 Å². The maximum Gasteiger partial charge on any atom is 0.314 e. The van der Waals surface area contributed by atoms with Gasteiger partial charge in [0.25, 0.3) is 0 Å². The summed E-state index contributed by atoms with van der Waals surface area (Å²) in [5, 5.41) is 0. The molecule has 0 aliphatic carbocycles. The predicted octanol–water partition coefficient (Wildman–Crippen LogP) is 0.943. The van der Waals surface area contributed by atoms with E-state index < -0.39 is 8.25 Å². The number of rotatable bonds is 1. The minimum Gasteiger partial charge on any atom is -0.326 e. The van der Waals surface area contributed by atoms with E-state index in [0.29, 0.717) is 0 Å². The van der Waals surface area contributed by atoms with Crippen LogP contribution in [0, 0.1) is 0 Å². The summed E-state index contributed by atoms with van der Waals surface area (Å²) >= 11 is 0. The molecule has 4 heteroatoms. The Morgan fingerprint density at radius 1 is 1.75 bits per heavy atom. The summed E-state index contributed by atoms with van der Waals surface area (Å²) in [6.45, 7) is 5.54. The Morgan fingerprint density at radius 2 is 1.88 bits per heavy atom. The van der Waals surface area contributed by atoms with E-state index >= 15 is 0 Å².